The van der Waals surface area contributed by atoms with E-state index in [1.807, 2.05) is 50.8 Å². The Morgan fingerprint density at radius 3 is 2.70 bits per heavy atom. The van der Waals surface area contributed by atoms with Crippen LogP contribution in [0.2, 0.25) is 0 Å². The van der Waals surface area contributed by atoms with Gasteiger partial charge < -0.3 is 24.7 Å². The van der Waals surface area contributed by atoms with Crippen LogP contribution in [0.3, 0.4) is 0 Å². The standard InChI is InChI=1S/C27H35N3O7/c1-14(2)11-20-29-18-12-15(35-5)8-9-16(18)21-22(29)19(13-26(3,4)37-36-20)30-24(32)17-7-6-10-28(17)25(33)27(30,34)23(21)31/h8-9,11-12,17,19-23,31,34H,6-7,10,13H2,1-5H3/t17-,19-,20-,21-,22+,23-,27+/m0/s1. The molecule has 2 N–H and O–H groups in total. The molecule has 5 aliphatic heterocycles. The van der Waals surface area contributed by atoms with Gasteiger partial charge >= 0.3 is 0 Å². The minimum absolute atomic E-state index is 0.290. The Morgan fingerprint density at radius 2 is 2.00 bits per heavy atom. The highest BCUT2D eigenvalue weighted by atomic mass is 17.2. The van der Waals surface area contributed by atoms with Crippen molar-refractivity contribution in [2.45, 2.75) is 94.7 Å². The van der Waals surface area contributed by atoms with Gasteiger partial charge in [-0.1, -0.05) is 11.6 Å². The van der Waals surface area contributed by atoms with Gasteiger partial charge in [0.15, 0.2) is 6.23 Å². The van der Waals surface area contributed by atoms with Crippen molar-refractivity contribution in [3.05, 3.63) is 35.4 Å². The molecule has 0 spiro atoms. The molecule has 5 heterocycles. The Kier molecular flexibility index (Phi) is 5.44. The van der Waals surface area contributed by atoms with Crippen LogP contribution in [0.1, 0.15) is 58.4 Å². The summed E-state index contributed by atoms with van der Waals surface area (Å²) in [5, 5.41) is 24.0. The van der Waals surface area contributed by atoms with E-state index in [0.29, 0.717) is 25.1 Å². The van der Waals surface area contributed by atoms with E-state index < -0.39 is 53.6 Å². The van der Waals surface area contributed by atoms with E-state index >= 15 is 0 Å². The molecule has 6 rings (SSSR count). The predicted molar refractivity (Wildman–Crippen MR) is 132 cm³/mol. The fourth-order valence-electron chi connectivity index (χ4n) is 7.13. The third kappa shape index (κ3) is 3.32. The lowest BCUT2D eigenvalue weighted by molar-refractivity contribution is -0.380. The van der Waals surface area contributed by atoms with Crippen LogP contribution >= 0.6 is 0 Å². The molecule has 37 heavy (non-hydrogen) atoms. The van der Waals surface area contributed by atoms with Crippen LogP contribution in [-0.2, 0) is 19.4 Å². The van der Waals surface area contributed by atoms with E-state index in [1.54, 1.807) is 13.2 Å². The van der Waals surface area contributed by atoms with E-state index in [1.165, 1.54) is 9.80 Å². The summed E-state index contributed by atoms with van der Waals surface area (Å²) < 4.78 is 5.51. The molecule has 1 aromatic carbocycles. The van der Waals surface area contributed by atoms with Crippen LogP contribution in [0.25, 0.3) is 0 Å². The van der Waals surface area contributed by atoms with Crippen molar-refractivity contribution in [2.24, 2.45) is 0 Å². The summed E-state index contributed by atoms with van der Waals surface area (Å²) >= 11 is 0. The number of hydrogen-bond acceptors (Lipinski definition) is 8. The second-order valence-electron chi connectivity index (χ2n) is 11.7. The second-order valence-corrected chi connectivity index (χ2v) is 11.7. The first-order valence-corrected chi connectivity index (χ1v) is 13.0. The number of methoxy groups -OCH3 is 1. The lowest BCUT2D eigenvalue weighted by Gasteiger charge is -2.60. The van der Waals surface area contributed by atoms with Crippen molar-refractivity contribution in [1.82, 2.24) is 9.80 Å². The molecule has 10 nitrogen and oxygen atoms in total. The number of carbonyl (C=O) groups excluding carboxylic acids is 2. The molecule has 5 aliphatic rings. The average molecular weight is 514 g/mol. The first-order chi connectivity index (χ1) is 17.5. The number of ether oxygens (including phenoxy) is 1. The normalized spacial score (nSPS) is 37.8. The number of amides is 2. The summed E-state index contributed by atoms with van der Waals surface area (Å²) in [6, 6.07) is 3.78. The summed E-state index contributed by atoms with van der Waals surface area (Å²) in [6.07, 6.45) is 1.22. The topological polar surface area (TPSA) is 112 Å². The number of carbonyl (C=O) groups is 2. The lowest BCUT2D eigenvalue weighted by Crippen LogP contribution is -2.82. The third-order valence-electron chi connectivity index (χ3n) is 8.58. The van der Waals surface area contributed by atoms with Crippen molar-refractivity contribution in [2.75, 3.05) is 18.6 Å². The summed E-state index contributed by atoms with van der Waals surface area (Å²) in [7, 11) is 1.58. The van der Waals surface area contributed by atoms with E-state index in [9.17, 15) is 19.8 Å². The Bertz CT molecular complexity index is 1180. The number of anilines is 1. The minimum atomic E-state index is -2.38. The first kappa shape index (κ1) is 24.7. The van der Waals surface area contributed by atoms with E-state index in [2.05, 4.69) is 0 Å². The largest absolute Gasteiger partial charge is 0.497 e. The van der Waals surface area contributed by atoms with Gasteiger partial charge in [-0.25, -0.2) is 9.78 Å². The zero-order valence-corrected chi connectivity index (χ0v) is 21.9. The van der Waals surface area contributed by atoms with Gasteiger partial charge in [-0.15, -0.1) is 0 Å². The molecular weight excluding hydrogens is 478 g/mol. The average Bonchev–Trinajstić information content (AvgIpc) is 3.46. The Morgan fingerprint density at radius 1 is 1.24 bits per heavy atom. The van der Waals surface area contributed by atoms with E-state index in [0.717, 1.165) is 16.8 Å². The number of fused-ring (bicyclic) bond motifs is 6. The molecule has 4 saturated heterocycles. The predicted octanol–water partition coefficient (Wildman–Crippen LogP) is 1.66. The van der Waals surface area contributed by atoms with Crippen LogP contribution in [-0.4, -0.2) is 87.3 Å². The highest BCUT2D eigenvalue weighted by Gasteiger charge is 2.71. The molecule has 4 fully saturated rings. The molecule has 10 heteroatoms. The highest BCUT2D eigenvalue weighted by molar-refractivity contribution is 6.00. The molecule has 2 amide bonds. The summed E-state index contributed by atoms with van der Waals surface area (Å²) in [4.78, 5) is 44.6. The summed E-state index contributed by atoms with van der Waals surface area (Å²) in [6.45, 7) is 8.04. The van der Waals surface area contributed by atoms with Crippen molar-refractivity contribution in [1.29, 1.82) is 0 Å². The van der Waals surface area contributed by atoms with E-state index in [-0.39, 0.29) is 12.3 Å². The maximum atomic E-state index is 14.0. The summed E-state index contributed by atoms with van der Waals surface area (Å²) in [5.41, 5.74) is -0.723. The maximum absolute atomic E-state index is 14.0. The quantitative estimate of drug-likeness (QED) is 0.454. The minimum Gasteiger partial charge on any atom is -0.497 e. The zero-order valence-electron chi connectivity index (χ0n) is 21.9. The fourth-order valence-corrected chi connectivity index (χ4v) is 7.13. The monoisotopic (exact) mass is 513 g/mol. The number of piperazine rings is 1. The molecular formula is C27H35N3O7. The van der Waals surface area contributed by atoms with Crippen LogP contribution < -0.4 is 9.64 Å². The van der Waals surface area contributed by atoms with Gasteiger partial charge in [-0.2, -0.15) is 0 Å². The fraction of sp³-hybridized carbons (Fsp3) is 0.630. The third-order valence-corrected chi connectivity index (χ3v) is 8.58. The van der Waals surface area contributed by atoms with Crippen LogP contribution in [0, 0.1) is 0 Å². The smallest absolute Gasteiger partial charge is 0.279 e. The number of allylic oxidation sites excluding steroid dienone is 1. The highest BCUT2D eigenvalue weighted by Crippen LogP contribution is 2.56. The number of aliphatic hydroxyl groups is 2. The van der Waals surface area contributed by atoms with Crippen molar-refractivity contribution >= 4 is 17.5 Å². The van der Waals surface area contributed by atoms with Crippen LogP contribution in [0.15, 0.2) is 29.8 Å². The molecule has 0 unspecified atom stereocenters. The van der Waals surface area contributed by atoms with Gasteiger partial charge in [0.25, 0.3) is 5.91 Å². The Balaban J connectivity index is 1.60. The van der Waals surface area contributed by atoms with Gasteiger partial charge in [-0.05, 0) is 58.2 Å². The molecule has 0 aliphatic carbocycles. The molecule has 0 bridgehead atoms. The van der Waals surface area contributed by atoms with Crippen molar-refractivity contribution in [3.63, 3.8) is 0 Å². The molecule has 7 atom stereocenters. The van der Waals surface area contributed by atoms with Crippen molar-refractivity contribution in [3.8, 4) is 5.75 Å². The van der Waals surface area contributed by atoms with Gasteiger partial charge in [0.1, 0.15) is 23.5 Å². The SMILES string of the molecule is COc1ccc2c(c1)N1[C@H]3[C@H]2[C@H](O)[C@@]2(O)C(=O)N4CCC[C@H]4C(=O)N2[C@H]3CC(C)(C)OO[C@H]1C=C(C)C. The molecule has 1 aromatic rings. The van der Waals surface area contributed by atoms with Crippen molar-refractivity contribution < 1.29 is 34.3 Å². The van der Waals surface area contributed by atoms with Gasteiger partial charge in [-0.3, -0.25) is 14.5 Å². The molecule has 0 radical (unpaired) electrons. The number of aliphatic hydroxyl groups excluding tert-OH is 1. The van der Waals surface area contributed by atoms with E-state index in [4.69, 9.17) is 14.5 Å². The van der Waals surface area contributed by atoms with Gasteiger partial charge in [0.2, 0.25) is 11.6 Å². The first-order valence-electron chi connectivity index (χ1n) is 13.0. The lowest BCUT2D eigenvalue weighted by atomic mass is 9.71. The number of rotatable bonds is 2. The number of benzene rings is 1. The van der Waals surface area contributed by atoms with Gasteiger partial charge in [0, 0.05) is 30.6 Å². The number of hydrogen-bond donors (Lipinski definition) is 2. The molecule has 200 valence electrons. The Labute approximate surface area is 216 Å². The van der Waals surface area contributed by atoms with Gasteiger partial charge in [0.05, 0.1) is 19.2 Å². The molecule has 0 aromatic heterocycles. The molecule has 0 saturated carbocycles. The van der Waals surface area contributed by atoms with Crippen LogP contribution in [0.5, 0.6) is 5.75 Å². The second kappa shape index (κ2) is 8.17. The number of nitrogens with zero attached hydrogens (tertiary/aromatic N) is 3. The maximum Gasteiger partial charge on any atom is 0.279 e. The Hall–Kier alpha value is -2.66. The number of piperidine rings is 1. The van der Waals surface area contributed by atoms with Crippen LogP contribution in [0.4, 0.5) is 5.69 Å². The zero-order chi connectivity index (χ0) is 26.4. The summed E-state index contributed by atoms with van der Waals surface area (Å²) in [5.74, 6) is -0.973.